The van der Waals surface area contributed by atoms with Gasteiger partial charge in [-0.1, -0.05) is 0 Å². The van der Waals surface area contributed by atoms with Crippen LogP contribution in [0.2, 0.25) is 0 Å². The van der Waals surface area contributed by atoms with Crippen LogP contribution in [-0.4, -0.2) is 43.5 Å². The van der Waals surface area contributed by atoms with Crippen LogP contribution < -0.4 is 26.4 Å². The molecule has 32 heavy (non-hydrogen) atoms. The van der Waals surface area contributed by atoms with E-state index >= 15 is 0 Å². The van der Waals surface area contributed by atoms with E-state index in [-0.39, 0.29) is 29.5 Å². The second-order valence-electron chi connectivity index (χ2n) is 9.99. The van der Waals surface area contributed by atoms with E-state index in [2.05, 4.69) is 64.2 Å². The van der Waals surface area contributed by atoms with Crippen LogP contribution in [0.15, 0.2) is 34.8 Å². The van der Waals surface area contributed by atoms with E-state index in [0.29, 0.717) is 22.8 Å². The van der Waals surface area contributed by atoms with Gasteiger partial charge in [0.05, 0.1) is 6.21 Å². The van der Waals surface area contributed by atoms with Gasteiger partial charge in [-0.3, -0.25) is 5.73 Å². The first-order valence-electron chi connectivity index (χ1n) is 10.7. The maximum atomic E-state index is 14.8. The fourth-order valence-corrected chi connectivity index (χ4v) is 5.05. The molecule has 4 heterocycles. The molecule has 170 valence electrons. The quantitative estimate of drug-likeness (QED) is 0.562. The number of allylic oxidation sites excluding steroid dienone is 1. The number of hydrogen-bond donors (Lipinski definition) is 4. The number of ether oxygens (including phenoxy) is 1. The highest BCUT2D eigenvalue weighted by atomic mass is 19.1. The lowest BCUT2D eigenvalue weighted by Crippen LogP contribution is -2.63. The Hall–Kier alpha value is -3.05. The van der Waals surface area contributed by atoms with Crippen molar-refractivity contribution in [3.63, 3.8) is 0 Å². The Morgan fingerprint density at radius 3 is 2.72 bits per heavy atom. The van der Waals surface area contributed by atoms with E-state index in [0.717, 1.165) is 19.1 Å². The summed E-state index contributed by atoms with van der Waals surface area (Å²) in [7, 11) is 0. The Kier molecular flexibility index (Phi) is 4.54. The van der Waals surface area contributed by atoms with Gasteiger partial charge in [0.2, 0.25) is 5.79 Å². The summed E-state index contributed by atoms with van der Waals surface area (Å²) in [6, 6.07) is 5.46. The molecule has 2 aromatic rings. The predicted octanol–water partition coefficient (Wildman–Crippen LogP) is 1.34. The van der Waals surface area contributed by atoms with E-state index in [1.54, 1.807) is 22.9 Å². The summed E-state index contributed by atoms with van der Waals surface area (Å²) in [5, 5.41) is 21.7. The molecule has 0 aliphatic carbocycles. The second kappa shape index (κ2) is 6.97. The van der Waals surface area contributed by atoms with Crippen molar-refractivity contribution in [2.45, 2.75) is 70.0 Å². The number of nitrogens with zero attached hydrogens (tertiary/aromatic N) is 5. The molecule has 3 aliphatic heterocycles. The van der Waals surface area contributed by atoms with Gasteiger partial charge in [-0.2, -0.15) is 4.68 Å². The van der Waals surface area contributed by atoms with Crippen LogP contribution in [0, 0.1) is 0 Å². The van der Waals surface area contributed by atoms with Crippen molar-refractivity contribution < 1.29 is 9.13 Å². The van der Waals surface area contributed by atoms with Gasteiger partial charge >= 0.3 is 0 Å². The standard InChI is InChI=1S/C21H28FN9O/c1-19(2)8-13(9-20(3,4)28-19)25-18-14(22)10-24-21(23,26-18)12-5-6-16-15(7-12)31-17(11-32-16)27-29-30-31/h5-7,10,13,25-26,28H,8-9,11,23H2,1-4H3. The van der Waals surface area contributed by atoms with Gasteiger partial charge in [0.15, 0.2) is 11.7 Å². The molecule has 10 nitrogen and oxygen atoms in total. The van der Waals surface area contributed by atoms with Crippen LogP contribution in [0.3, 0.4) is 0 Å². The Morgan fingerprint density at radius 2 is 1.97 bits per heavy atom. The maximum Gasteiger partial charge on any atom is 0.210 e. The minimum atomic E-state index is -1.36. The first kappa shape index (κ1) is 20.8. The molecule has 11 heteroatoms. The predicted molar refractivity (Wildman–Crippen MR) is 117 cm³/mol. The molecule has 1 aromatic heterocycles. The number of benzene rings is 1. The molecule has 0 bridgehead atoms. The highest BCUT2D eigenvalue weighted by molar-refractivity contribution is 5.78. The third-order valence-electron chi connectivity index (χ3n) is 5.99. The Bertz CT molecular complexity index is 1110. The molecule has 1 aromatic carbocycles. The zero-order valence-electron chi connectivity index (χ0n) is 18.6. The summed E-state index contributed by atoms with van der Waals surface area (Å²) in [6.45, 7) is 8.89. The maximum absolute atomic E-state index is 14.8. The van der Waals surface area contributed by atoms with Gasteiger partial charge in [-0.15, -0.1) is 5.10 Å². The summed E-state index contributed by atoms with van der Waals surface area (Å²) in [5.41, 5.74) is 7.72. The molecule has 3 aliphatic rings. The summed E-state index contributed by atoms with van der Waals surface area (Å²) in [4.78, 5) is 4.26. The topological polar surface area (TPSA) is 127 Å². The molecular weight excluding hydrogens is 413 g/mol. The van der Waals surface area contributed by atoms with Gasteiger partial charge in [0.25, 0.3) is 0 Å². The number of aromatic nitrogens is 4. The molecular formula is C21H28FN9O. The van der Waals surface area contributed by atoms with Crippen LogP contribution in [-0.2, 0) is 12.4 Å². The fourth-order valence-electron chi connectivity index (χ4n) is 5.05. The lowest BCUT2D eigenvalue weighted by atomic mass is 9.79. The molecule has 0 saturated carbocycles. The Balaban J connectivity index is 1.41. The van der Waals surface area contributed by atoms with E-state index in [4.69, 9.17) is 10.5 Å². The van der Waals surface area contributed by atoms with Crippen molar-refractivity contribution in [3.8, 4) is 11.4 Å². The van der Waals surface area contributed by atoms with Crippen LogP contribution in [0.1, 0.15) is 51.9 Å². The number of nitrogens with two attached hydrogens (primary N) is 1. The molecule has 1 saturated heterocycles. The molecule has 5 N–H and O–H groups in total. The van der Waals surface area contributed by atoms with Crippen molar-refractivity contribution in [1.29, 1.82) is 0 Å². The molecule has 0 radical (unpaired) electrons. The lowest BCUT2D eigenvalue weighted by Gasteiger charge is -2.47. The molecule has 0 spiro atoms. The van der Waals surface area contributed by atoms with Crippen molar-refractivity contribution in [1.82, 2.24) is 36.2 Å². The fraction of sp³-hybridized carbons (Fsp3) is 0.524. The van der Waals surface area contributed by atoms with E-state index in [9.17, 15) is 4.39 Å². The highest BCUT2D eigenvalue weighted by Crippen LogP contribution is 2.33. The highest BCUT2D eigenvalue weighted by Gasteiger charge is 2.39. The number of fused-ring (bicyclic) bond motifs is 3. The van der Waals surface area contributed by atoms with Gasteiger partial charge < -0.3 is 20.7 Å². The van der Waals surface area contributed by atoms with Crippen molar-refractivity contribution in [2.75, 3.05) is 0 Å². The van der Waals surface area contributed by atoms with Gasteiger partial charge in [-0.05, 0) is 69.2 Å². The molecule has 0 amide bonds. The Morgan fingerprint density at radius 1 is 1.22 bits per heavy atom. The molecule has 5 rings (SSSR count). The third kappa shape index (κ3) is 3.71. The van der Waals surface area contributed by atoms with Crippen molar-refractivity contribution in [2.24, 2.45) is 10.7 Å². The largest absolute Gasteiger partial charge is 0.483 e. The number of rotatable bonds is 3. The van der Waals surface area contributed by atoms with E-state index in [1.165, 1.54) is 0 Å². The number of halogens is 1. The SMILES string of the molecule is CC1(C)CC(NC2=C(F)C=NC(N)(c3ccc4c(c3)-n3nnnc3CO4)N2)CC(C)(C)N1. The smallest absolute Gasteiger partial charge is 0.210 e. The first-order chi connectivity index (χ1) is 15.0. The minimum absolute atomic E-state index is 0.0611. The Labute approximate surface area is 185 Å². The molecule has 1 unspecified atom stereocenters. The molecule has 1 atom stereocenters. The summed E-state index contributed by atoms with van der Waals surface area (Å²) in [6.07, 6.45) is 2.83. The van der Waals surface area contributed by atoms with Gasteiger partial charge in [-0.25, -0.2) is 9.38 Å². The van der Waals surface area contributed by atoms with Crippen molar-refractivity contribution >= 4 is 6.21 Å². The van der Waals surface area contributed by atoms with Crippen molar-refractivity contribution in [3.05, 3.63) is 41.2 Å². The number of hydrogen-bond acceptors (Lipinski definition) is 9. The van der Waals surface area contributed by atoms with Crippen LogP contribution >= 0.6 is 0 Å². The number of piperidine rings is 1. The summed E-state index contributed by atoms with van der Waals surface area (Å²) >= 11 is 0. The second-order valence-corrected chi connectivity index (χ2v) is 9.99. The average molecular weight is 442 g/mol. The normalized spacial score (nSPS) is 26.1. The first-order valence-corrected chi connectivity index (χ1v) is 10.7. The van der Waals surface area contributed by atoms with Gasteiger partial charge in [0.1, 0.15) is 23.9 Å². The monoisotopic (exact) mass is 441 g/mol. The zero-order valence-corrected chi connectivity index (χ0v) is 18.6. The van der Waals surface area contributed by atoms with Crippen LogP contribution in [0.4, 0.5) is 4.39 Å². The van der Waals surface area contributed by atoms with Gasteiger partial charge in [0, 0.05) is 22.7 Å². The zero-order chi connectivity index (χ0) is 22.7. The third-order valence-corrected chi connectivity index (χ3v) is 5.99. The summed E-state index contributed by atoms with van der Waals surface area (Å²) in [5.74, 6) is -0.389. The number of nitrogens with one attached hydrogen (secondary N) is 3. The lowest BCUT2D eigenvalue weighted by molar-refractivity contribution is 0.148. The van der Waals surface area contributed by atoms with Crippen LogP contribution in [0.5, 0.6) is 5.75 Å². The summed E-state index contributed by atoms with van der Waals surface area (Å²) < 4.78 is 22.1. The minimum Gasteiger partial charge on any atom is -0.483 e. The van der Waals surface area contributed by atoms with E-state index < -0.39 is 11.6 Å². The van der Waals surface area contributed by atoms with Crippen LogP contribution in [0.25, 0.3) is 5.69 Å². The van der Waals surface area contributed by atoms with E-state index in [1.807, 2.05) is 0 Å². The number of tetrazole rings is 1. The average Bonchev–Trinajstić information content (AvgIpc) is 3.17. The number of aliphatic imine (C=N–C) groups is 1. The molecule has 1 fully saturated rings.